The van der Waals surface area contributed by atoms with Crippen molar-refractivity contribution in [1.82, 2.24) is 19.5 Å². The number of halogens is 1. The molecule has 0 bridgehead atoms. The predicted octanol–water partition coefficient (Wildman–Crippen LogP) is 4.51. The second-order valence-electron chi connectivity index (χ2n) is 5.90. The van der Waals surface area contributed by atoms with Crippen molar-refractivity contribution in [3.63, 3.8) is 0 Å². The van der Waals surface area contributed by atoms with Crippen molar-refractivity contribution in [2.75, 3.05) is 12.8 Å². The number of methoxy groups -OCH3 is 1. The Balaban J connectivity index is 1.91. The van der Waals surface area contributed by atoms with Gasteiger partial charge in [-0.15, -0.1) is 0 Å². The van der Waals surface area contributed by atoms with Crippen LogP contribution in [0.4, 0.5) is 5.82 Å². The molecule has 0 aliphatic carbocycles. The van der Waals surface area contributed by atoms with Crippen LogP contribution < -0.4 is 10.5 Å². The van der Waals surface area contributed by atoms with E-state index >= 15 is 0 Å². The van der Waals surface area contributed by atoms with Crippen LogP contribution in [0.2, 0.25) is 10.4 Å². The summed E-state index contributed by atoms with van der Waals surface area (Å²) in [5.74, 6) is 1.27. The molecule has 0 amide bonds. The van der Waals surface area contributed by atoms with E-state index in [1.54, 1.807) is 18.9 Å². The zero-order valence-electron chi connectivity index (χ0n) is 15.4. The third-order valence-electron chi connectivity index (χ3n) is 4.02. The van der Waals surface area contributed by atoms with Crippen molar-refractivity contribution in [2.45, 2.75) is 46.8 Å². The van der Waals surface area contributed by atoms with Gasteiger partial charge < -0.3 is 0 Å². The van der Waals surface area contributed by atoms with Gasteiger partial charge in [-0.1, -0.05) is 0 Å². The average molecular weight is 558 g/mol. The van der Waals surface area contributed by atoms with Gasteiger partial charge in [0.15, 0.2) is 0 Å². The van der Waals surface area contributed by atoms with Crippen LogP contribution in [0.25, 0.3) is 11.2 Å². The van der Waals surface area contributed by atoms with Gasteiger partial charge in [0.25, 0.3) is 0 Å². The number of hydrogen-bond acceptors (Lipinski definition) is 6. The number of rotatable bonds is 9. The van der Waals surface area contributed by atoms with Crippen molar-refractivity contribution in [1.29, 1.82) is 0 Å². The first-order valence-electron chi connectivity index (χ1n) is 8.75. The number of nitrogens with two attached hydrogens (primary N) is 1. The van der Waals surface area contributed by atoms with Crippen LogP contribution in [-0.4, -0.2) is 42.4 Å². The number of anilines is 1. The number of nitrogen functional groups attached to an aromatic ring is 1. The number of aryl methyl sites for hydroxylation is 1. The van der Waals surface area contributed by atoms with Crippen LogP contribution in [0.15, 0.2) is 34.6 Å². The summed E-state index contributed by atoms with van der Waals surface area (Å²) in [5.41, 5.74) is 7.55. The maximum atomic E-state index is 6.05. The third-order valence-corrected chi connectivity index (χ3v) is 8.79. The summed E-state index contributed by atoms with van der Waals surface area (Å²) >= 11 is 4.32. The number of nitrogens with zero attached hydrogens (tertiary/aromatic N) is 4. The van der Waals surface area contributed by atoms with Crippen LogP contribution in [0.5, 0.6) is 5.75 Å². The fraction of sp³-hybridized carbons (Fsp3) is 0.389. The molecule has 0 unspecified atom stereocenters. The monoisotopic (exact) mass is 558 g/mol. The molecule has 1 aromatic carbocycles. The van der Waals surface area contributed by atoms with E-state index in [1.165, 1.54) is 29.6 Å². The van der Waals surface area contributed by atoms with Crippen molar-refractivity contribution < 1.29 is 4.74 Å². The standard InChI is InChI=1S/C18H22AsIN5OS/c1-3-4-7-19-8-9-25-17-15(16(21)22-11-23-17)24-18(25)27-14-10-12(26-2)5-6-13(14)20/h5-6,10-11H,3-4,7-9H2,1-2H3,(H2,21,22,23). The molecule has 0 atom stereocenters. The number of hydrogen-bond donors (Lipinski definition) is 1. The first-order valence-corrected chi connectivity index (χ1v) is 13.3. The van der Waals surface area contributed by atoms with Crippen LogP contribution in [0, 0.1) is 3.57 Å². The molecule has 0 saturated heterocycles. The molecule has 9 heteroatoms. The molecule has 0 aliphatic heterocycles. The molecule has 143 valence electrons. The Morgan fingerprint density at radius 2 is 2.15 bits per heavy atom. The molecular weight excluding hydrogens is 536 g/mol. The summed E-state index contributed by atoms with van der Waals surface area (Å²) in [4.78, 5) is 14.4. The molecule has 2 N–H and O–H groups in total. The molecule has 3 rings (SSSR count). The molecule has 2 aromatic heterocycles. The Labute approximate surface area is 183 Å². The van der Waals surface area contributed by atoms with E-state index in [9.17, 15) is 0 Å². The normalized spacial score (nSPS) is 11.7. The number of unbranched alkanes of at least 4 members (excludes halogenated alkanes) is 1. The fourth-order valence-corrected chi connectivity index (χ4v) is 6.50. The van der Waals surface area contributed by atoms with Gasteiger partial charge in [-0.25, -0.2) is 0 Å². The van der Waals surface area contributed by atoms with Crippen LogP contribution in [-0.2, 0) is 6.54 Å². The zero-order chi connectivity index (χ0) is 19.2. The molecule has 27 heavy (non-hydrogen) atoms. The average Bonchev–Trinajstić information content (AvgIpc) is 3.02. The Morgan fingerprint density at radius 3 is 2.93 bits per heavy atom. The summed E-state index contributed by atoms with van der Waals surface area (Å²) in [5, 5.41) is 3.45. The summed E-state index contributed by atoms with van der Waals surface area (Å²) in [7, 11) is 1.68. The predicted molar refractivity (Wildman–Crippen MR) is 120 cm³/mol. The summed E-state index contributed by atoms with van der Waals surface area (Å²) < 4.78 is 8.72. The quantitative estimate of drug-likeness (QED) is 0.237. The summed E-state index contributed by atoms with van der Waals surface area (Å²) in [6, 6.07) is 6.06. The number of imidazole rings is 1. The van der Waals surface area contributed by atoms with Gasteiger partial charge in [-0.05, 0) is 0 Å². The molecule has 0 saturated carbocycles. The van der Waals surface area contributed by atoms with Crippen LogP contribution >= 0.6 is 34.4 Å². The van der Waals surface area contributed by atoms with E-state index in [1.807, 2.05) is 12.1 Å². The molecule has 0 fully saturated rings. The summed E-state index contributed by atoms with van der Waals surface area (Å²) in [6.45, 7) is 3.16. The van der Waals surface area contributed by atoms with Gasteiger partial charge in [0.05, 0.1) is 0 Å². The maximum absolute atomic E-state index is 6.05. The van der Waals surface area contributed by atoms with E-state index in [4.69, 9.17) is 15.5 Å². The van der Waals surface area contributed by atoms with E-state index in [0.717, 1.165) is 31.6 Å². The van der Waals surface area contributed by atoms with Crippen molar-refractivity contribution in [2.24, 2.45) is 0 Å². The fourth-order valence-electron chi connectivity index (χ4n) is 2.55. The Morgan fingerprint density at radius 1 is 1.30 bits per heavy atom. The van der Waals surface area contributed by atoms with Crippen molar-refractivity contribution in [3.8, 4) is 5.75 Å². The molecule has 1 radical (unpaired) electrons. The Kier molecular flexibility index (Phi) is 7.66. The Hall–Kier alpha value is -0.992. The molecule has 3 aromatic rings. The second-order valence-corrected chi connectivity index (χ2v) is 10.9. The number of aromatic nitrogens is 4. The first-order chi connectivity index (χ1) is 13.1. The van der Waals surface area contributed by atoms with Gasteiger partial charge in [0.1, 0.15) is 0 Å². The van der Waals surface area contributed by atoms with E-state index < -0.39 is 0 Å². The van der Waals surface area contributed by atoms with Gasteiger partial charge in [0, 0.05) is 0 Å². The molecular formula is C18H22AsIN5OS. The minimum atomic E-state index is 0.353. The van der Waals surface area contributed by atoms with E-state index in [0.29, 0.717) is 27.1 Å². The van der Waals surface area contributed by atoms with Crippen LogP contribution in [0.1, 0.15) is 19.8 Å². The Bertz CT molecular complexity index is 920. The zero-order valence-corrected chi connectivity index (χ0v) is 20.2. The molecule has 2 heterocycles. The van der Waals surface area contributed by atoms with Crippen molar-refractivity contribution >= 4 is 67.1 Å². The van der Waals surface area contributed by atoms with Gasteiger partial charge in [0.2, 0.25) is 0 Å². The van der Waals surface area contributed by atoms with E-state index in [-0.39, 0.29) is 0 Å². The number of fused-ring (bicyclic) bond motifs is 1. The second kappa shape index (κ2) is 9.98. The number of benzene rings is 1. The first kappa shape index (κ1) is 20.7. The van der Waals surface area contributed by atoms with E-state index in [2.05, 4.69) is 50.1 Å². The topological polar surface area (TPSA) is 78.9 Å². The van der Waals surface area contributed by atoms with Gasteiger partial charge in [-0.2, -0.15) is 0 Å². The minimum absolute atomic E-state index is 0.353. The van der Waals surface area contributed by atoms with Crippen molar-refractivity contribution in [3.05, 3.63) is 28.1 Å². The molecule has 0 aliphatic rings. The molecule has 0 spiro atoms. The van der Waals surface area contributed by atoms with Crippen LogP contribution in [0.3, 0.4) is 0 Å². The molecule has 6 nitrogen and oxygen atoms in total. The third kappa shape index (κ3) is 5.09. The summed E-state index contributed by atoms with van der Waals surface area (Å²) in [6.07, 6.45) is 4.11. The van der Waals surface area contributed by atoms with Gasteiger partial charge in [-0.3, -0.25) is 0 Å². The van der Waals surface area contributed by atoms with Gasteiger partial charge >= 0.3 is 185 Å². The number of ether oxygens (including phenoxy) is 1. The SMILES string of the molecule is CCCC[As]CCn1c(Sc2cc(OC)ccc2I)nc2c(N)ncnc21.